The van der Waals surface area contributed by atoms with Gasteiger partial charge in [-0.3, -0.25) is 0 Å². The molecule has 0 saturated carbocycles. The van der Waals surface area contributed by atoms with E-state index in [0.717, 1.165) is 10.2 Å². The number of aromatic nitrogens is 1. The van der Waals surface area contributed by atoms with Gasteiger partial charge in [-0.2, -0.15) is 0 Å². The topological polar surface area (TPSA) is 15.8 Å². The first kappa shape index (κ1) is 8.51. The minimum atomic E-state index is 0.622. The molecule has 1 N–H and O–H groups in total. The molecule has 0 amide bonds. The van der Waals surface area contributed by atoms with Crippen molar-refractivity contribution in [3.05, 3.63) is 26.1 Å². The molecular formula is C7H3Cl2NS2. The first-order valence-electron chi connectivity index (χ1n) is 3.15. The van der Waals surface area contributed by atoms with Crippen molar-refractivity contribution in [2.45, 2.75) is 0 Å². The van der Waals surface area contributed by atoms with Gasteiger partial charge < -0.3 is 4.98 Å². The Labute approximate surface area is 87.9 Å². The van der Waals surface area contributed by atoms with Gasteiger partial charge in [0.15, 0.2) is 3.95 Å². The Kier molecular flexibility index (Phi) is 2.12. The van der Waals surface area contributed by atoms with Crippen LogP contribution in [0.5, 0.6) is 0 Å². The van der Waals surface area contributed by atoms with Crippen molar-refractivity contribution in [3.8, 4) is 0 Å². The van der Waals surface area contributed by atoms with E-state index in [9.17, 15) is 0 Å². The number of H-pyrrole nitrogens is 1. The quantitative estimate of drug-likeness (QED) is 0.675. The van der Waals surface area contributed by atoms with Crippen LogP contribution in [0.2, 0.25) is 10.0 Å². The van der Waals surface area contributed by atoms with Crippen molar-refractivity contribution in [2.24, 2.45) is 0 Å². The molecule has 2 aromatic rings. The van der Waals surface area contributed by atoms with E-state index in [0.29, 0.717) is 14.0 Å². The molecule has 2 rings (SSSR count). The van der Waals surface area contributed by atoms with Crippen LogP contribution in [0.4, 0.5) is 0 Å². The van der Waals surface area contributed by atoms with Gasteiger partial charge in [-0.15, -0.1) is 11.3 Å². The number of thiazole rings is 1. The second-order valence-corrected chi connectivity index (χ2v) is 4.81. The van der Waals surface area contributed by atoms with Crippen LogP contribution in [0.3, 0.4) is 0 Å². The van der Waals surface area contributed by atoms with E-state index in [4.69, 9.17) is 35.4 Å². The van der Waals surface area contributed by atoms with Crippen molar-refractivity contribution in [2.75, 3.05) is 0 Å². The molecule has 0 atom stereocenters. The largest absolute Gasteiger partial charge is 0.337 e. The van der Waals surface area contributed by atoms with E-state index < -0.39 is 0 Å². The van der Waals surface area contributed by atoms with Crippen molar-refractivity contribution in [1.29, 1.82) is 0 Å². The zero-order valence-corrected chi connectivity index (χ0v) is 8.87. The number of rotatable bonds is 0. The lowest BCUT2D eigenvalue weighted by molar-refractivity contribution is 1.47. The summed E-state index contributed by atoms with van der Waals surface area (Å²) in [5, 5.41) is 1.27. The number of aromatic amines is 1. The first-order chi connectivity index (χ1) is 5.66. The summed E-state index contributed by atoms with van der Waals surface area (Å²) in [5.41, 5.74) is 0.905. The fraction of sp³-hybridized carbons (Fsp3) is 0. The van der Waals surface area contributed by atoms with Crippen LogP contribution in [0.1, 0.15) is 0 Å². The molecule has 0 unspecified atom stereocenters. The highest BCUT2D eigenvalue weighted by molar-refractivity contribution is 7.73. The molecule has 0 fully saturated rings. The molecule has 12 heavy (non-hydrogen) atoms. The third kappa shape index (κ3) is 1.38. The summed E-state index contributed by atoms with van der Waals surface area (Å²) in [6.45, 7) is 0. The van der Waals surface area contributed by atoms with Crippen molar-refractivity contribution >= 4 is 57.0 Å². The zero-order valence-electron chi connectivity index (χ0n) is 5.73. The number of fused-ring (bicyclic) bond motifs is 1. The number of halogens is 2. The van der Waals surface area contributed by atoms with Crippen LogP contribution in [0.25, 0.3) is 10.2 Å². The van der Waals surface area contributed by atoms with Gasteiger partial charge in [0.2, 0.25) is 0 Å². The molecule has 0 spiro atoms. The van der Waals surface area contributed by atoms with E-state index >= 15 is 0 Å². The lowest BCUT2D eigenvalue weighted by Gasteiger charge is -1.93. The molecule has 1 heterocycles. The first-order valence-corrected chi connectivity index (χ1v) is 5.13. The van der Waals surface area contributed by atoms with Crippen molar-refractivity contribution < 1.29 is 0 Å². The predicted octanol–water partition coefficient (Wildman–Crippen LogP) is 4.27. The average molecular weight is 236 g/mol. The minimum Gasteiger partial charge on any atom is -0.337 e. The summed E-state index contributed by atoms with van der Waals surface area (Å²) >= 11 is 18.2. The molecule has 1 aromatic carbocycles. The summed E-state index contributed by atoms with van der Waals surface area (Å²) < 4.78 is 1.68. The molecule has 62 valence electrons. The van der Waals surface area contributed by atoms with Gasteiger partial charge in [0.05, 0.1) is 15.2 Å². The molecule has 5 heteroatoms. The second kappa shape index (κ2) is 3.00. The molecule has 0 saturated heterocycles. The molecule has 0 aliphatic carbocycles. The van der Waals surface area contributed by atoms with Gasteiger partial charge in [0.25, 0.3) is 0 Å². The van der Waals surface area contributed by atoms with E-state index in [-0.39, 0.29) is 0 Å². The summed E-state index contributed by atoms with van der Waals surface area (Å²) in [5.74, 6) is 0. The maximum Gasteiger partial charge on any atom is 0.159 e. The van der Waals surface area contributed by atoms with Gasteiger partial charge in [0.1, 0.15) is 0 Å². The van der Waals surface area contributed by atoms with E-state index in [2.05, 4.69) is 4.98 Å². The molecule has 0 aliphatic rings. The highest BCUT2D eigenvalue weighted by Gasteiger charge is 2.03. The second-order valence-electron chi connectivity index (χ2n) is 2.28. The number of nitrogens with one attached hydrogen (secondary N) is 1. The van der Waals surface area contributed by atoms with Crippen LogP contribution in [-0.2, 0) is 0 Å². The normalized spacial score (nSPS) is 10.8. The Hall–Kier alpha value is -0.0900. The lowest BCUT2D eigenvalue weighted by Crippen LogP contribution is -1.69. The molecule has 0 radical (unpaired) electrons. The SMILES string of the molecule is S=c1[nH]c2cc(Cl)cc(Cl)c2s1. The van der Waals surface area contributed by atoms with Crippen LogP contribution < -0.4 is 0 Å². The summed E-state index contributed by atoms with van der Waals surface area (Å²) in [6, 6.07) is 3.53. The number of hydrogen-bond acceptors (Lipinski definition) is 2. The maximum atomic E-state index is 5.94. The Bertz CT molecular complexity index is 486. The van der Waals surface area contributed by atoms with Crippen molar-refractivity contribution in [3.63, 3.8) is 0 Å². The highest BCUT2D eigenvalue weighted by atomic mass is 35.5. The predicted molar refractivity (Wildman–Crippen MR) is 57.0 cm³/mol. The van der Waals surface area contributed by atoms with Crippen LogP contribution >= 0.6 is 46.8 Å². The summed E-state index contributed by atoms with van der Waals surface area (Å²) in [6.07, 6.45) is 0. The Morgan fingerprint density at radius 1 is 1.33 bits per heavy atom. The third-order valence-corrected chi connectivity index (χ3v) is 3.35. The van der Waals surface area contributed by atoms with Gasteiger partial charge in [-0.1, -0.05) is 23.2 Å². The lowest BCUT2D eigenvalue weighted by atomic mass is 10.3. The summed E-state index contributed by atoms with van der Waals surface area (Å²) in [4.78, 5) is 3.00. The molecule has 1 aromatic heterocycles. The Balaban J connectivity index is 2.97. The van der Waals surface area contributed by atoms with E-state index in [1.165, 1.54) is 11.3 Å². The molecular weight excluding hydrogens is 233 g/mol. The minimum absolute atomic E-state index is 0.622. The third-order valence-electron chi connectivity index (χ3n) is 1.44. The fourth-order valence-electron chi connectivity index (χ4n) is 0.985. The average Bonchev–Trinajstić information content (AvgIpc) is 2.29. The smallest absolute Gasteiger partial charge is 0.159 e. The summed E-state index contributed by atoms with van der Waals surface area (Å²) in [7, 11) is 0. The Morgan fingerprint density at radius 3 is 2.83 bits per heavy atom. The fourth-order valence-corrected chi connectivity index (χ4v) is 2.68. The van der Waals surface area contributed by atoms with Crippen LogP contribution in [0.15, 0.2) is 12.1 Å². The van der Waals surface area contributed by atoms with Crippen molar-refractivity contribution in [1.82, 2.24) is 4.98 Å². The number of hydrogen-bond donors (Lipinski definition) is 1. The molecule has 1 nitrogen and oxygen atoms in total. The molecule has 0 aliphatic heterocycles. The van der Waals surface area contributed by atoms with E-state index in [1.54, 1.807) is 6.07 Å². The van der Waals surface area contributed by atoms with Gasteiger partial charge in [-0.05, 0) is 24.4 Å². The van der Waals surface area contributed by atoms with Crippen LogP contribution in [0, 0.1) is 3.95 Å². The van der Waals surface area contributed by atoms with E-state index in [1.807, 2.05) is 6.07 Å². The monoisotopic (exact) mass is 235 g/mol. The van der Waals surface area contributed by atoms with Gasteiger partial charge >= 0.3 is 0 Å². The van der Waals surface area contributed by atoms with Gasteiger partial charge in [-0.25, -0.2) is 0 Å². The molecule has 0 bridgehead atoms. The zero-order chi connectivity index (χ0) is 8.72. The standard InChI is InChI=1S/C7H3Cl2NS2/c8-3-1-4(9)6-5(2-3)10-7(11)12-6/h1-2H,(H,10,11). The van der Waals surface area contributed by atoms with Crippen LogP contribution in [-0.4, -0.2) is 4.98 Å². The maximum absolute atomic E-state index is 5.94. The number of benzene rings is 1. The van der Waals surface area contributed by atoms with Gasteiger partial charge in [0, 0.05) is 5.02 Å². The highest BCUT2D eigenvalue weighted by Crippen LogP contribution is 2.30. The Morgan fingerprint density at radius 2 is 2.08 bits per heavy atom.